The molecule has 0 radical (unpaired) electrons. The van der Waals surface area contributed by atoms with E-state index in [2.05, 4.69) is 5.32 Å². The summed E-state index contributed by atoms with van der Waals surface area (Å²) in [6.07, 6.45) is 0.347. The molecule has 0 aliphatic rings. The summed E-state index contributed by atoms with van der Waals surface area (Å²) < 4.78 is 13.3. The van der Waals surface area contributed by atoms with Gasteiger partial charge in [-0.25, -0.2) is 4.39 Å². The second kappa shape index (κ2) is 5.75. The molecule has 0 saturated carbocycles. The first-order valence-electron chi connectivity index (χ1n) is 5.37. The van der Waals surface area contributed by atoms with Gasteiger partial charge in [0, 0.05) is 0 Å². The van der Waals surface area contributed by atoms with Gasteiger partial charge in [-0.05, 0) is 18.6 Å². The van der Waals surface area contributed by atoms with Gasteiger partial charge >= 0.3 is 0 Å². The molecule has 5 heteroatoms. The summed E-state index contributed by atoms with van der Waals surface area (Å²) in [5.74, 6) is -1.28. The number of aliphatic hydroxyl groups excluding tert-OH is 2. The molecule has 0 heterocycles. The van der Waals surface area contributed by atoms with Crippen molar-refractivity contribution in [3.05, 3.63) is 35.6 Å². The summed E-state index contributed by atoms with van der Waals surface area (Å²) in [5, 5.41) is 20.8. The van der Waals surface area contributed by atoms with Crippen LogP contribution in [0.2, 0.25) is 0 Å². The zero-order valence-electron chi connectivity index (χ0n) is 9.61. The predicted molar refractivity (Wildman–Crippen MR) is 61.1 cm³/mol. The van der Waals surface area contributed by atoms with E-state index in [1.165, 1.54) is 18.2 Å². The Balaban J connectivity index is 2.89. The number of amides is 1. The van der Waals surface area contributed by atoms with Crippen molar-refractivity contribution in [2.24, 2.45) is 0 Å². The smallest absolute Gasteiger partial charge is 0.254 e. The zero-order valence-corrected chi connectivity index (χ0v) is 9.61. The summed E-state index contributed by atoms with van der Waals surface area (Å²) in [4.78, 5) is 11.8. The van der Waals surface area contributed by atoms with Crippen LogP contribution in [0.25, 0.3) is 0 Å². The molecule has 3 N–H and O–H groups in total. The van der Waals surface area contributed by atoms with Crippen LogP contribution in [-0.2, 0) is 0 Å². The van der Waals surface area contributed by atoms with Crippen molar-refractivity contribution in [2.75, 3.05) is 13.2 Å². The lowest BCUT2D eigenvalue weighted by atomic mass is 9.98. The van der Waals surface area contributed by atoms with Gasteiger partial charge < -0.3 is 15.5 Å². The molecule has 17 heavy (non-hydrogen) atoms. The molecule has 0 unspecified atom stereocenters. The Hall–Kier alpha value is -1.46. The highest BCUT2D eigenvalue weighted by Gasteiger charge is 2.29. The van der Waals surface area contributed by atoms with Gasteiger partial charge in [-0.1, -0.05) is 19.1 Å². The molecule has 0 aliphatic carbocycles. The Labute approximate surface area is 99.1 Å². The van der Waals surface area contributed by atoms with Gasteiger partial charge in [-0.2, -0.15) is 0 Å². The molecule has 94 valence electrons. The summed E-state index contributed by atoms with van der Waals surface area (Å²) >= 11 is 0. The number of hydrogen-bond donors (Lipinski definition) is 3. The van der Waals surface area contributed by atoms with Gasteiger partial charge in [0.05, 0.1) is 24.3 Å². The van der Waals surface area contributed by atoms with Crippen molar-refractivity contribution < 1.29 is 19.4 Å². The van der Waals surface area contributed by atoms with Crippen LogP contribution in [0.1, 0.15) is 23.7 Å². The Morgan fingerprint density at radius 2 is 1.94 bits per heavy atom. The number of aliphatic hydroxyl groups is 2. The first-order valence-corrected chi connectivity index (χ1v) is 5.37. The van der Waals surface area contributed by atoms with E-state index in [1.807, 2.05) is 0 Å². The summed E-state index contributed by atoms with van der Waals surface area (Å²) in [7, 11) is 0. The second-order valence-corrected chi connectivity index (χ2v) is 3.88. The minimum Gasteiger partial charge on any atom is -0.394 e. The molecule has 0 atom stereocenters. The highest BCUT2D eigenvalue weighted by molar-refractivity contribution is 5.94. The number of halogens is 1. The van der Waals surface area contributed by atoms with Crippen LogP contribution in [0.15, 0.2) is 24.3 Å². The maximum atomic E-state index is 13.3. The van der Waals surface area contributed by atoms with Crippen LogP contribution in [0, 0.1) is 5.82 Å². The van der Waals surface area contributed by atoms with Crippen molar-refractivity contribution in [2.45, 2.75) is 18.9 Å². The average molecular weight is 241 g/mol. The SMILES string of the molecule is CCC(CO)(CO)NC(=O)c1ccccc1F. The van der Waals surface area contributed by atoms with Crippen LogP contribution in [0.5, 0.6) is 0 Å². The number of carbonyl (C=O) groups is 1. The molecule has 0 fully saturated rings. The Kier molecular flexibility index (Phi) is 4.60. The number of nitrogens with one attached hydrogen (secondary N) is 1. The molecule has 1 aromatic carbocycles. The van der Waals surface area contributed by atoms with Crippen molar-refractivity contribution in [3.63, 3.8) is 0 Å². The van der Waals surface area contributed by atoms with Crippen LogP contribution >= 0.6 is 0 Å². The van der Waals surface area contributed by atoms with Crippen LogP contribution in [0.4, 0.5) is 4.39 Å². The predicted octanol–water partition coefficient (Wildman–Crippen LogP) is 0.689. The fourth-order valence-electron chi connectivity index (χ4n) is 1.39. The third-order valence-electron chi connectivity index (χ3n) is 2.78. The third-order valence-corrected chi connectivity index (χ3v) is 2.78. The van der Waals surface area contributed by atoms with E-state index < -0.39 is 30.5 Å². The van der Waals surface area contributed by atoms with E-state index in [-0.39, 0.29) is 5.56 Å². The fourth-order valence-corrected chi connectivity index (χ4v) is 1.39. The molecule has 0 saturated heterocycles. The Morgan fingerprint density at radius 1 is 1.35 bits per heavy atom. The van der Waals surface area contributed by atoms with Crippen molar-refractivity contribution in [1.29, 1.82) is 0 Å². The Bertz CT molecular complexity index is 383. The molecule has 1 rings (SSSR count). The van der Waals surface area contributed by atoms with Crippen molar-refractivity contribution >= 4 is 5.91 Å². The number of benzene rings is 1. The highest BCUT2D eigenvalue weighted by atomic mass is 19.1. The molecular weight excluding hydrogens is 225 g/mol. The first kappa shape index (κ1) is 13.6. The molecule has 0 spiro atoms. The van der Waals surface area contributed by atoms with Crippen molar-refractivity contribution in [1.82, 2.24) is 5.32 Å². The number of carbonyl (C=O) groups excluding carboxylic acids is 1. The van der Waals surface area contributed by atoms with Gasteiger partial charge in [-0.15, -0.1) is 0 Å². The summed E-state index contributed by atoms with van der Waals surface area (Å²) in [5.41, 5.74) is -1.22. The second-order valence-electron chi connectivity index (χ2n) is 3.88. The van der Waals surface area contributed by atoms with Gasteiger partial charge in [0.15, 0.2) is 0 Å². The highest BCUT2D eigenvalue weighted by Crippen LogP contribution is 2.12. The van der Waals surface area contributed by atoms with Gasteiger partial charge in [0.25, 0.3) is 5.91 Å². The van der Waals surface area contributed by atoms with Crippen LogP contribution in [0.3, 0.4) is 0 Å². The summed E-state index contributed by atoms with van der Waals surface area (Å²) in [6, 6.07) is 5.56. The average Bonchev–Trinajstić information content (AvgIpc) is 2.36. The zero-order chi connectivity index (χ0) is 12.9. The normalized spacial score (nSPS) is 11.3. The monoisotopic (exact) mass is 241 g/mol. The molecule has 0 aliphatic heterocycles. The fraction of sp³-hybridized carbons (Fsp3) is 0.417. The van der Waals surface area contributed by atoms with Crippen molar-refractivity contribution in [3.8, 4) is 0 Å². The minimum atomic E-state index is -1.11. The van der Waals surface area contributed by atoms with E-state index >= 15 is 0 Å². The summed E-state index contributed by atoms with van der Waals surface area (Å²) in [6.45, 7) is 0.911. The van der Waals surface area contributed by atoms with E-state index in [1.54, 1.807) is 13.0 Å². The molecule has 0 bridgehead atoms. The minimum absolute atomic E-state index is 0.104. The van der Waals surface area contributed by atoms with E-state index in [0.717, 1.165) is 0 Å². The molecule has 0 aromatic heterocycles. The lowest BCUT2D eigenvalue weighted by Gasteiger charge is -2.29. The van der Waals surface area contributed by atoms with Gasteiger partial charge in [0.2, 0.25) is 0 Å². The van der Waals surface area contributed by atoms with Crippen LogP contribution in [-0.4, -0.2) is 34.9 Å². The largest absolute Gasteiger partial charge is 0.394 e. The maximum Gasteiger partial charge on any atom is 0.254 e. The van der Waals surface area contributed by atoms with E-state index in [9.17, 15) is 19.4 Å². The van der Waals surface area contributed by atoms with E-state index in [0.29, 0.717) is 6.42 Å². The lowest BCUT2D eigenvalue weighted by molar-refractivity contribution is 0.0650. The topological polar surface area (TPSA) is 69.6 Å². The third kappa shape index (κ3) is 3.01. The lowest BCUT2D eigenvalue weighted by Crippen LogP contribution is -2.53. The molecule has 1 amide bonds. The van der Waals surface area contributed by atoms with Gasteiger partial charge in [0.1, 0.15) is 5.82 Å². The molecule has 1 aromatic rings. The maximum absolute atomic E-state index is 13.3. The number of hydrogen-bond acceptors (Lipinski definition) is 3. The molecule has 4 nitrogen and oxygen atoms in total. The Morgan fingerprint density at radius 3 is 2.41 bits per heavy atom. The number of rotatable bonds is 5. The molecular formula is C12H16FNO3. The van der Waals surface area contributed by atoms with E-state index in [4.69, 9.17) is 0 Å². The first-order chi connectivity index (χ1) is 8.08. The van der Waals surface area contributed by atoms with Gasteiger partial charge in [-0.3, -0.25) is 4.79 Å². The standard InChI is InChI=1S/C12H16FNO3/c1-2-12(7-15,8-16)14-11(17)9-5-3-4-6-10(9)13/h3-6,15-16H,2,7-8H2,1H3,(H,14,17). The quantitative estimate of drug-likeness (QED) is 0.710. The van der Waals surface area contributed by atoms with Crippen LogP contribution < -0.4 is 5.32 Å².